The first-order valence-corrected chi connectivity index (χ1v) is 9.28. The third kappa shape index (κ3) is 4.14. The van der Waals surface area contributed by atoms with E-state index in [1.54, 1.807) is 7.11 Å². The molecule has 1 fully saturated rings. The Morgan fingerprint density at radius 3 is 2.64 bits per heavy atom. The fraction of sp³-hybridized carbons (Fsp3) is 0.421. The number of amides is 1. The molecule has 1 aliphatic rings. The smallest absolute Gasteiger partial charge is 0.227 e. The van der Waals surface area contributed by atoms with Gasteiger partial charge in [0.1, 0.15) is 5.75 Å². The van der Waals surface area contributed by atoms with Crippen molar-refractivity contribution in [2.45, 2.75) is 6.42 Å². The van der Waals surface area contributed by atoms with E-state index in [2.05, 4.69) is 26.9 Å². The number of hydrogen-bond donors (Lipinski definition) is 1. The van der Waals surface area contributed by atoms with Crippen molar-refractivity contribution in [1.29, 1.82) is 0 Å². The number of methoxy groups -OCH3 is 1. The van der Waals surface area contributed by atoms with Crippen molar-refractivity contribution >= 4 is 32.6 Å². The highest BCUT2D eigenvalue weighted by Crippen LogP contribution is 2.30. The summed E-state index contributed by atoms with van der Waals surface area (Å²) in [6, 6.07) is 10.0. The zero-order chi connectivity index (χ0) is 17.8. The molecule has 1 saturated heterocycles. The second-order valence-corrected chi connectivity index (χ2v) is 7.15. The van der Waals surface area contributed by atoms with Gasteiger partial charge < -0.3 is 14.7 Å². The standard InChI is InChI=1S/C19H23BrN2O3/c1-25-18-5-2-14-12-15(20)3-4-16(14)17(18)13-19(24)22-8-6-21(7-9-22)10-11-23/h2-5,12,23H,6-11,13H2,1H3. The lowest BCUT2D eigenvalue weighted by atomic mass is 10.00. The molecule has 25 heavy (non-hydrogen) atoms. The van der Waals surface area contributed by atoms with Gasteiger partial charge in [-0.1, -0.05) is 28.1 Å². The molecule has 0 saturated carbocycles. The lowest BCUT2D eigenvalue weighted by Crippen LogP contribution is -2.49. The molecule has 0 bridgehead atoms. The summed E-state index contributed by atoms with van der Waals surface area (Å²) >= 11 is 3.50. The summed E-state index contributed by atoms with van der Waals surface area (Å²) in [7, 11) is 1.64. The number of benzene rings is 2. The third-order valence-corrected chi connectivity index (χ3v) is 5.23. The molecule has 1 aliphatic heterocycles. The van der Waals surface area contributed by atoms with Gasteiger partial charge in [0.25, 0.3) is 0 Å². The molecule has 0 aliphatic carbocycles. The Hall–Kier alpha value is -1.63. The van der Waals surface area contributed by atoms with Crippen LogP contribution in [0.2, 0.25) is 0 Å². The summed E-state index contributed by atoms with van der Waals surface area (Å²) in [4.78, 5) is 16.9. The lowest BCUT2D eigenvalue weighted by Gasteiger charge is -2.34. The minimum atomic E-state index is 0.123. The number of hydrogen-bond acceptors (Lipinski definition) is 4. The number of aliphatic hydroxyl groups is 1. The first-order chi connectivity index (χ1) is 12.1. The summed E-state index contributed by atoms with van der Waals surface area (Å²) in [6.07, 6.45) is 0.335. The minimum absolute atomic E-state index is 0.123. The van der Waals surface area contributed by atoms with Crippen LogP contribution in [0.25, 0.3) is 10.8 Å². The largest absolute Gasteiger partial charge is 0.496 e. The molecule has 0 radical (unpaired) electrons. The maximum Gasteiger partial charge on any atom is 0.227 e. The molecule has 1 N–H and O–H groups in total. The van der Waals surface area contributed by atoms with Crippen molar-refractivity contribution in [2.75, 3.05) is 46.4 Å². The van der Waals surface area contributed by atoms with Gasteiger partial charge in [-0.05, 0) is 29.0 Å². The van der Waals surface area contributed by atoms with Crippen molar-refractivity contribution < 1.29 is 14.6 Å². The molecule has 1 heterocycles. The van der Waals surface area contributed by atoms with Crippen LogP contribution < -0.4 is 4.74 Å². The van der Waals surface area contributed by atoms with Crippen LogP contribution in [0.3, 0.4) is 0 Å². The molecule has 134 valence electrons. The van der Waals surface area contributed by atoms with Crippen molar-refractivity contribution in [3.8, 4) is 5.75 Å². The van der Waals surface area contributed by atoms with Gasteiger partial charge in [0.15, 0.2) is 0 Å². The summed E-state index contributed by atoms with van der Waals surface area (Å²) in [6.45, 7) is 3.87. The van der Waals surface area contributed by atoms with Crippen molar-refractivity contribution in [3.05, 3.63) is 40.4 Å². The van der Waals surface area contributed by atoms with E-state index in [0.29, 0.717) is 26.1 Å². The van der Waals surface area contributed by atoms with Crippen molar-refractivity contribution in [1.82, 2.24) is 9.80 Å². The first-order valence-electron chi connectivity index (χ1n) is 8.48. The van der Waals surface area contributed by atoms with Crippen LogP contribution >= 0.6 is 15.9 Å². The second kappa shape index (κ2) is 8.17. The molecule has 3 rings (SSSR count). The molecular weight excluding hydrogens is 384 g/mol. The summed E-state index contributed by atoms with van der Waals surface area (Å²) in [5.41, 5.74) is 0.940. The number of nitrogens with zero attached hydrogens (tertiary/aromatic N) is 2. The fourth-order valence-corrected chi connectivity index (χ4v) is 3.72. The molecule has 0 unspecified atom stereocenters. The molecule has 0 atom stereocenters. The molecule has 2 aromatic rings. The zero-order valence-electron chi connectivity index (χ0n) is 14.4. The first kappa shape index (κ1) is 18.2. The summed E-state index contributed by atoms with van der Waals surface area (Å²) in [5, 5.41) is 11.2. The van der Waals surface area contributed by atoms with Gasteiger partial charge >= 0.3 is 0 Å². The highest BCUT2D eigenvalue weighted by molar-refractivity contribution is 9.10. The topological polar surface area (TPSA) is 53.0 Å². The van der Waals surface area contributed by atoms with E-state index < -0.39 is 0 Å². The molecule has 6 heteroatoms. The quantitative estimate of drug-likeness (QED) is 0.827. The minimum Gasteiger partial charge on any atom is -0.496 e. The number of ether oxygens (including phenoxy) is 1. The predicted molar refractivity (Wildman–Crippen MR) is 102 cm³/mol. The fourth-order valence-electron chi connectivity index (χ4n) is 3.34. The maximum absolute atomic E-state index is 12.8. The molecule has 0 aromatic heterocycles. The number of aliphatic hydroxyl groups excluding tert-OH is 1. The van der Waals surface area contributed by atoms with Gasteiger partial charge in [0, 0.05) is 42.8 Å². The Kier molecular flexibility index (Phi) is 5.93. The molecule has 1 amide bonds. The van der Waals surface area contributed by atoms with E-state index >= 15 is 0 Å². The lowest BCUT2D eigenvalue weighted by molar-refractivity contribution is -0.132. The highest BCUT2D eigenvalue weighted by Gasteiger charge is 2.22. The number of carbonyl (C=O) groups is 1. The number of halogens is 1. The maximum atomic E-state index is 12.8. The Balaban J connectivity index is 1.79. The molecule has 2 aromatic carbocycles. The van der Waals surface area contributed by atoms with Gasteiger partial charge in [-0.15, -0.1) is 0 Å². The van der Waals surface area contributed by atoms with Crippen LogP contribution in [0.5, 0.6) is 5.75 Å². The van der Waals surface area contributed by atoms with E-state index in [-0.39, 0.29) is 12.5 Å². The third-order valence-electron chi connectivity index (χ3n) is 4.74. The average molecular weight is 407 g/mol. The van der Waals surface area contributed by atoms with E-state index in [4.69, 9.17) is 9.84 Å². The molecule has 5 nitrogen and oxygen atoms in total. The monoisotopic (exact) mass is 406 g/mol. The predicted octanol–water partition coefficient (Wildman–Crippen LogP) is 2.29. The summed E-state index contributed by atoms with van der Waals surface area (Å²) in [5.74, 6) is 0.874. The van der Waals surface area contributed by atoms with Gasteiger partial charge in [0.05, 0.1) is 20.1 Å². The highest BCUT2D eigenvalue weighted by atomic mass is 79.9. The Morgan fingerprint density at radius 1 is 1.20 bits per heavy atom. The van der Waals surface area contributed by atoms with E-state index in [1.165, 1.54) is 0 Å². The normalized spacial score (nSPS) is 15.6. The van der Waals surface area contributed by atoms with Crippen LogP contribution in [0.4, 0.5) is 0 Å². The number of rotatable bonds is 5. The number of carbonyl (C=O) groups excluding carboxylic acids is 1. The SMILES string of the molecule is COc1ccc2cc(Br)ccc2c1CC(=O)N1CCN(CCO)CC1. The van der Waals surface area contributed by atoms with E-state index in [0.717, 1.165) is 39.6 Å². The number of β-amino-alcohol motifs (C(OH)–C–C–N with tert-alkyl or cyclic N) is 1. The zero-order valence-corrected chi connectivity index (χ0v) is 16.0. The van der Waals surface area contributed by atoms with Crippen molar-refractivity contribution in [2.24, 2.45) is 0 Å². The van der Waals surface area contributed by atoms with Crippen molar-refractivity contribution in [3.63, 3.8) is 0 Å². The van der Waals surface area contributed by atoms with Crippen LogP contribution in [0, 0.1) is 0 Å². The van der Waals surface area contributed by atoms with Gasteiger partial charge in [0.2, 0.25) is 5.91 Å². The Bertz CT molecular complexity index is 758. The van der Waals surface area contributed by atoms with Crippen LogP contribution in [0.1, 0.15) is 5.56 Å². The number of piperazine rings is 1. The van der Waals surface area contributed by atoms with E-state index in [9.17, 15) is 4.79 Å². The summed E-state index contributed by atoms with van der Waals surface area (Å²) < 4.78 is 6.52. The molecular formula is C19H23BrN2O3. The van der Waals surface area contributed by atoms with Crippen LogP contribution in [-0.4, -0.2) is 67.3 Å². The Morgan fingerprint density at radius 2 is 1.96 bits per heavy atom. The van der Waals surface area contributed by atoms with Gasteiger partial charge in [-0.25, -0.2) is 0 Å². The molecule has 0 spiro atoms. The second-order valence-electron chi connectivity index (χ2n) is 6.23. The Labute approximate surface area is 156 Å². The van der Waals surface area contributed by atoms with Gasteiger partial charge in [-0.3, -0.25) is 9.69 Å². The number of fused-ring (bicyclic) bond motifs is 1. The van der Waals surface area contributed by atoms with Crippen LogP contribution in [0.15, 0.2) is 34.8 Å². The van der Waals surface area contributed by atoms with Gasteiger partial charge in [-0.2, -0.15) is 0 Å². The average Bonchev–Trinajstić information content (AvgIpc) is 2.62. The van der Waals surface area contributed by atoms with Crippen LogP contribution in [-0.2, 0) is 11.2 Å². The van der Waals surface area contributed by atoms with E-state index in [1.807, 2.05) is 29.2 Å².